The molecule has 0 spiro atoms. The molecule has 1 aromatic carbocycles. The largest absolute Gasteiger partial charge is 0.339 e. The van der Waals surface area contributed by atoms with Crippen molar-refractivity contribution in [2.45, 2.75) is 32.4 Å². The molecular weight excluding hydrogens is 324 g/mol. The van der Waals surface area contributed by atoms with E-state index < -0.39 is 6.04 Å². The zero-order valence-corrected chi connectivity index (χ0v) is 14.3. The first-order chi connectivity index (χ1) is 11.5. The number of carbonyl (C=O) groups excluding carboxylic acids is 3. The lowest BCUT2D eigenvalue weighted by atomic mass is 10.2. The summed E-state index contributed by atoms with van der Waals surface area (Å²) in [6.45, 7) is 3.43. The predicted octanol–water partition coefficient (Wildman–Crippen LogP) is 2.87. The van der Waals surface area contributed by atoms with Crippen molar-refractivity contribution in [1.82, 2.24) is 5.32 Å². The van der Waals surface area contributed by atoms with Crippen LogP contribution in [-0.2, 0) is 4.79 Å². The van der Waals surface area contributed by atoms with Crippen LogP contribution >= 0.6 is 11.3 Å². The van der Waals surface area contributed by atoms with E-state index in [9.17, 15) is 14.4 Å². The van der Waals surface area contributed by atoms with Gasteiger partial charge in [0.2, 0.25) is 5.91 Å². The highest BCUT2D eigenvalue weighted by Crippen LogP contribution is 2.27. The molecule has 2 atom stereocenters. The Morgan fingerprint density at radius 3 is 2.58 bits per heavy atom. The van der Waals surface area contributed by atoms with Crippen LogP contribution in [0.25, 0.3) is 0 Å². The molecule has 2 aromatic rings. The molecule has 1 N–H and O–H groups in total. The number of benzene rings is 1. The molecule has 0 bridgehead atoms. The van der Waals surface area contributed by atoms with Crippen molar-refractivity contribution >= 4 is 34.6 Å². The molecule has 2 heterocycles. The number of para-hydroxylation sites is 1. The Bertz CT molecular complexity index is 785. The summed E-state index contributed by atoms with van der Waals surface area (Å²) < 4.78 is 0. The Hall–Kier alpha value is -2.47. The molecule has 1 aromatic heterocycles. The highest BCUT2D eigenvalue weighted by molar-refractivity contribution is 7.12. The van der Waals surface area contributed by atoms with Gasteiger partial charge in [-0.15, -0.1) is 11.3 Å². The number of nitrogens with zero attached hydrogens (tertiary/aromatic N) is 1. The summed E-state index contributed by atoms with van der Waals surface area (Å²) in [4.78, 5) is 38.5. The minimum absolute atomic E-state index is 0.0151. The highest BCUT2D eigenvalue weighted by Gasteiger charge is 2.38. The van der Waals surface area contributed by atoms with E-state index in [4.69, 9.17) is 0 Å². The fourth-order valence-corrected chi connectivity index (χ4v) is 3.74. The van der Waals surface area contributed by atoms with Crippen LogP contribution in [0.1, 0.15) is 40.3 Å². The zero-order valence-electron chi connectivity index (χ0n) is 13.5. The summed E-state index contributed by atoms with van der Waals surface area (Å²) in [5.74, 6) is -0.496. The van der Waals surface area contributed by atoms with E-state index in [2.05, 4.69) is 5.32 Å². The Kier molecular flexibility index (Phi) is 4.49. The van der Waals surface area contributed by atoms with Crippen LogP contribution in [0.2, 0.25) is 0 Å². The molecule has 24 heavy (non-hydrogen) atoms. The van der Waals surface area contributed by atoms with Crippen molar-refractivity contribution in [3.63, 3.8) is 0 Å². The third-order valence-corrected chi connectivity index (χ3v) is 5.05. The van der Waals surface area contributed by atoms with Crippen LogP contribution in [0, 0.1) is 0 Å². The fourth-order valence-electron chi connectivity index (χ4n) is 2.89. The number of thiophene rings is 1. The lowest BCUT2D eigenvalue weighted by Crippen LogP contribution is -2.41. The second-order valence-corrected chi connectivity index (χ2v) is 6.82. The van der Waals surface area contributed by atoms with Gasteiger partial charge in [-0.25, -0.2) is 0 Å². The van der Waals surface area contributed by atoms with Crippen molar-refractivity contribution < 1.29 is 14.4 Å². The Morgan fingerprint density at radius 2 is 1.96 bits per heavy atom. The molecular formula is C18H18N2O3S. The summed E-state index contributed by atoms with van der Waals surface area (Å²) in [7, 11) is 0. The lowest BCUT2D eigenvalue weighted by molar-refractivity contribution is -0.118. The highest BCUT2D eigenvalue weighted by atomic mass is 32.1. The SMILES string of the molecule is CC(=O)c1csc(C(=O)N[C@@H]2C[C@H](C)N(c3ccccc3)C2=O)c1. The number of ketones is 1. The van der Waals surface area contributed by atoms with E-state index in [-0.39, 0.29) is 23.6 Å². The van der Waals surface area contributed by atoms with E-state index in [1.54, 1.807) is 16.3 Å². The van der Waals surface area contributed by atoms with Crippen LogP contribution in [0.3, 0.4) is 0 Å². The Balaban J connectivity index is 1.73. The van der Waals surface area contributed by atoms with E-state index in [0.29, 0.717) is 16.9 Å². The maximum absolute atomic E-state index is 12.7. The van der Waals surface area contributed by atoms with Gasteiger partial charge in [-0.3, -0.25) is 14.4 Å². The van der Waals surface area contributed by atoms with Gasteiger partial charge in [0.1, 0.15) is 6.04 Å². The van der Waals surface area contributed by atoms with E-state index in [1.165, 1.54) is 18.3 Å². The molecule has 0 unspecified atom stereocenters. The van der Waals surface area contributed by atoms with Crippen LogP contribution in [-0.4, -0.2) is 29.7 Å². The summed E-state index contributed by atoms with van der Waals surface area (Å²) in [6, 6.07) is 10.5. The molecule has 6 heteroatoms. The van der Waals surface area contributed by atoms with E-state index in [1.807, 2.05) is 37.3 Å². The average molecular weight is 342 g/mol. The van der Waals surface area contributed by atoms with Crippen molar-refractivity contribution in [3.05, 3.63) is 52.2 Å². The first-order valence-corrected chi connectivity index (χ1v) is 8.64. The average Bonchev–Trinajstić information content (AvgIpc) is 3.14. The third kappa shape index (κ3) is 3.10. The van der Waals surface area contributed by atoms with Gasteiger partial charge in [0, 0.05) is 22.7 Å². The number of nitrogens with one attached hydrogen (secondary N) is 1. The fraction of sp³-hybridized carbons (Fsp3) is 0.278. The van der Waals surface area contributed by atoms with E-state index >= 15 is 0 Å². The number of hydrogen-bond acceptors (Lipinski definition) is 4. The van der Waals surface area contributed by atoms with Crippen LogP contribution in [0.4, 0.5) is 5.69 Å². The van der Waals surface area contributed by atoms with Crippen molar-refractivity contribution in [2.75, 3.05) is 4.90 Å². The summed E-state index contributed by atoms with van der Waals surface area (Å²) in [5.41, 5.74) is 1.35. The molecule has 2 amide bonds. The monoisotopic (exact) mass is 342 g/mol. The minimum Gasteiger partial charge on any atom is -0.339 e. The number of rotatable bonds is 4. The van der Waals surface area contributed by atoms with E-state index in [0.717, 1.165) is 5.69 Å². The number of hydrogen-bond donors (Lipinski definition) is 1. The molecule has 124 valence electrons. The van der Waals surface area contributed by atoms with Gasteiger partial charge in [-0.05, 0) is 38.5 Å². The number of amides is 2. The van der Waals surface area contributed by atoms with Crippen LogP contribution < -0.4 is 10.2 Å². The molecule has 1 aliphatic heterocycles. The Morgan fingerprint density at radius 1 is 1.25 bits per heavy atom. The second kappa shape index (κ2) is 6.57. The van der Waals surface area contributed by atoms with Gasteiger partial charge >= 0.3 is 0 Å². The van der Waals surface area contributed by atoms with Crippen molar-refractivity contribution in [1.29, 1.82) is 0 Å². The van der Waals surface area contributed by atoms with Gasteiger partial charge in [0.25, 0.3) is 5.91 Å². The van der Waals surface area contributed by atoms with Crippen LogP contribution in [0.15, 0.2) is 41.8 Å². The van der Waals surface area contributed by atoms with Gasteiger partial charge in [0.05, 0.1) is 4.88 Å². The zero-order chi connectivity index (χ0) is 17.3. The van der Waals surface area contributed by atoms with Crippen molar-refractivity contribution in [3.8, 4) is 0 Å². The van der Waals surface area contributed by atoms with Gasteiger partial charge < -0.3 is 10.2 Å². The minimum atomic E-state index is -0.546. The number of anilines is 1. The number of carbonyl (C=O) groups is 3. The molecule has 3 rings (SSSR count). The summed E-state index contributed by atoms with van der Waals surface area (Å²) in [5, 5.41) is 4.46. The molecule has 5 nitrogen and oxygen atoms in total. The molecule has 0 radical (unpaired) electrons. The van der Waals surface area contributed by atoms with Gasteiger partial charge in [0.15, 0.2) is 5.78 Å². The second-order valence-electron chi connectivity index (χ2n) is 5.91. The van der Waals surface area contributed by atoms with Gasteiger partial charge in [-0.2, -0.15) is 0 Å². The molecule has 0 aliphatic carbocycles. The lowest BCUT2D eigenvalue weighted by Gasteiger charge is -2.21. The quantitative estimate of drug-likeness (QED) is 0.869. The maximum atomic E-state index is 12.7. The third-order valence-electron chi connectivity index (χ3n) is 4.12. The smallest absolute Gasteiger partial charge is 0.262 e. The molecule has 0 saturated carbocycles. The normalized spacial score (nSPS) is 20.2. The summed E-state index contributed by atoms with van der Waals surface area (Å²) in [6.07, 6.45) is 0.560. The summed E-state index contributed by atoms with van der Waals surface area (Å²) >= 11 is 1.21. The predicted molar refractivity (Wildman–Crippen MR) is 93.6 cm³/mol. The Labute approximate surface area is 144 Å². The molecule has 1 saturated heterocycles. The van der Waals surface area contributed by atoms with Gasteiger partial charge in [-0.1, -0.05) is 18.2 Å². The first kappa shape index (κ1) is 16.4. The number of Topliss-reactive ketones (excluding diaryl/α,β-unsaturated/α-hetero) is 1. The standard InChI is InChI=1S/C18H18N2O3S/c1-11-8-15(18(23)20(11)14-6-4-3-5-7-14)19-17(22)16-9-13(10-24-16)12(2)21/h3-7,9-11,15H,8H2,1-2H3,(H,19,22)/t11-,15+/m0/s1. The topological polar surface area (TPSA) is 66.5 Å². The first-order valence-electron chi connectivity index (χ1n) is 7.76. The maximum Gasteiger partial charge on any atom is 0.262 e. The molecule has 1 fully saturated rings. The van der Waals surface area contributed by atoms with Crippen LogP contribution in [0.5, 0.6) is 0 Å². The van der Waals surface area contributed by atoms with Crippen molar-refractivity contribution in [2.24, 2.45) is 0 Å². The molecule has 1 aliphatic rings.